The maximum Gasteiger partial charge on any atom is 0.309 e. The predicted molar refractivity (Wildman–Crippen MR) is 70.1 cm³/mol. The van der Waals surface area contributed by atoms with Gasteiger partial charge in [-0.3, -0.25) is 9.59 Å². The van der Waals surface area contributed by atoms with Gasteiger partial charge in [-0.2, -0.15) is 0 Å². The number of rotatable bonds is 9. The molecule has 0 aromatic heterocycles. The summed E-state index contributed by atoms with van der Waals surface area (Å²) in [6.07, 6.45) is 2.85. The fourth-order valence-electron chi connectivity index (χ4n) is 1.97. The Balaban J connectivity index is 4.50. The zero-order valence-electron chi connectivity index (χ0n) is 12.0. The van der Waals surface area contributed by atoms with Gasteiger partial charge in [0.15, 0.2) is 0 Å². The molecule has 0 fully saturated rings. The molecular formula is C14H26O4. The van der Waals surface area contributed by atoms with Crippen LogP contribution in [0.2, 0.25) is 0 Å². The molecule has 0 spiro atoms. The Labute approximate surface area is 110 Å². The van der Waals surface area contributed by atoms with Crippen LogP contribution >= 0.6 is 0 Å². The second kappa shape index (κ2) is 9.92. The van der Waals surface area contributed by atoms with Crippen LogP contribution in [0.3, 0.4) is 0 Å². The molecule has 0 aromatic carbocycles. The van der Waals surface area contributed by atoms with Crippen molar-refractivity contribution in [2.24, 2.45) is 11.8 Å². The number of esters is 2. The molecule has 0 heterocycles. The minimum Gasteiger partial charge on any atom is -0.466 e. The first-order valence-electron chi connectivity index (χ1n) is 6.91. The van der Waals surface area contributed by atoms with Crippen LogP contribution in [0.1, 0.15) is 53.4 Å². The monoisotopic (exact) mass is 258 g/mol. The van der Waals surface area contributed by atoms with Gasteiger partial charge in [0.05, 0.1) is 25.6 Å². The molecule has 0 bridgehead atoms. The van der Waals surface area contributed by atoms with Crippen molar-refractivity contribution < 1.29 is 19.1 Å². The fraction of sp³-hybridized carbons (Fsp3) is 0.857. The van der Waals surface area contributed by atoms with Gasteiger partial charge in [-0.05, 0) is 26.2 Å². The van der Waals surface area contributed by atoms with E-state index in [0.717, 1.165) is 12.8 Å². The van der Waals surface area contributed by atoms with Crippen molar-refractivity contribution in [1.82, 2.24) is 0 Å². The molecule has 0 saturated heterocycles. The summed E-state index contributed by atoms with van der Waals surface area (Å²) in [4.78, 5) is 23.3. The van der Waals surface area contributed by atoms with Crippen LogP contribution in [0.15, 0.2) is 0 Å². The van der Waals surface area contributed by atoms with Crippen LogP contribution in [0, 0.1) is 11.8 Å². The fourth-order valence-corrected chi connectivity index (χ4v) is 1.97. The van der Waals surface area contributed by atoms with E-state index < -0.39 is 0 Å². The average Bonchev–Trinajstić information content (AvgIpc) is 2.35. The third-order valence-corrected chi connectivity index (χ3v) is 3.11. The molecule has 0 aliphatic heterocycles. The van der Waals surface area contributed by atoms with E-state index >= 15 is 0 Å². The molecule has 18 heavy (non-hydrogen) atoms. The number of hydrogen-bond donors (Lipinski definition) is 0. The highest BCUT2D eigenvalue weighted by molar-refractivity contribution is 5.79. The summed E-state index contributed by atoms with van der Waals surface area (Å²) in [5, 5.41) is 0. The Morgan fingerprint density at radius 1 is 0.944 bits per heavy atom. The summed E-state index contributed by atoms with van der Waals surface area (Å²) < 4.78 is 9.93. The van der Waals surface area contributed by atoms with Gasteiger partial charge in [0.2, 0.25) is 0 Å². The van der Waals surface area contributed by atoms with Crippen LogP contribution in [0.25, 0.3) is 0 Å². The predicted octanol–water partition coefficient (Wildman–Crippen LogP) is 2.95. The van der Waals surface area contributed by atoms with E-state index in [1.54, 1.807) is 13.8 Å². The van der Waals surface area contributed by atoms with Crippen molar-refractivity contribution >= 4 is 11.9 Å². The lowest BCUT2D eigenvalue weighted by Crippen LogP contribution is -2.24. The van der Waals surface area contributed by atoms with Crippen molar-refractivity contribution in [2.45, 2.75) is 53.4 Å². The molecule has 0 N–H and O–H groups in total. The van der Waals surface area contributed by atoms with Crippen LogP contribution in [-0.2, 0) is 19.1 Å². The van der Waals surface area contributed by atoms with Gasteiger partial charge < -0.3 is 9.47 Å². The van der Waals surface area contributed by atoms with Crippen LogP contribution in [0.4, 0.5) is 0 Å². The molecule has 0 rings (SSSR count). The molecular weight excluding hydrogens is 232 g/mol. The Kier molecular flexibility index (Phi) is 9.33. The molecule has 4 heteroatoms. The summed E-state index contributed by atoms with van der Waals surface area (Å²) >= 11 is 0. The van der Waals surface area contributed by atoms with Gasteiger partial charge in [-0.25, -0.2) is 0 Å². The van der Waals surface area contributed by atoms with Crippen LogP contribution in [0.5, 0.6) is 0 Å². The van der Waals surface area contributed by atoms with Crippen LogP contribution < -0.4 is 0 Å². The quantitative estimate of drug-likeness (QED) is 0.597. The second-order valence-corrected chi connectivity index (χ2v) is 4.38. The van der Waals surface area contributed by atoms with Gasteiger partial charge in [0, 0.05) is 0 Å². The van der Waals surface area contributed by atoms with Gasteiger partial charge in [-0.1, -0.05) is 26.7 Å². The Morgan fingerprint density at radius 3 is 1.94 bits per heavy atom. The SMILES string of the molecule is CCOC(=O)CC(CC(CC)CC)C(=O)OCC. The second-order valence-electron chi connectivity index (χ2n) is 4.38. The first-order chi connectivity index (χ1) is 8.58. The third kappa shape index (κ3) is 6.62. The molecule has 0 saturated carbocycles. The van der Waals surface area contributed by atoms with Gasteiger partial charge >= 0.3 is 11.9 Å². The number of ether oxygens (including phenoxy) is 2. The third-order valence-electron chi connectivity index (χ3n) is 3.11. The van der Waals surface area contributed by atoms with Crippen molar-refractivity contribution in [3.8, 4) is 0 Å². The van der Waals surface area contributed by atoms with Gasteiger partial charge in [-0.15, -0.1) is 0 Å². The summed E-state index contributed by atoms with van der Waals surface area (Å²) in [5.74, 6) is -0.512. The van der Waals surface area contributed by atoms with Gasteiger partial charge in [0.1, 0.15) is 0 Å². The van der Waals surface area contributed by atoms with E-state index in [4.69, 9.17) is 9.47 Å². The highest BCUT2D eigenvalue weighted by Crippen LogP contribution is 2.23. The summed E-state index contributed by atoms with van der Waals surface area (Å²) in [6.45, 7) is 8.43. The first kappa shape index (κ1) is 16.9. The Bertz CT molecular complexity index is 246. The van der Waals surface area contributed by atoms with Crippen LogP contribution in [-0.4, -0.2) is 25.2 Å². The molecule has 4 nitrogen and oxygen atoms in total. The van der Waals surface area contributed by atoms with E-state index in [9.17, 15) is 9.59 Å². The van der Waals surface area contributed by atoms with Crippen molar-refractivity contribution in [3.05, 3.63) is 0 Å². The van der Waals surface area contributed by atoms with Crippen molar-refractivity contribution in [1.29, 1.82) is 0 Å². The van der Waals surface area contributed by atoms with E-state index in [0.29, 0.717) is 25.6 Å². The number of carbonyl (C=O) groups excluding carboxylic acids is 2. The molecule has 0 aromatic rings. The summed E-state index contributed by atoms with van der Waals surface area (Å²) in [7, 11) is 0. The standard InChI is InChI=1S/C14H26O4/c1-5-11(6-2)9-12(14(16)18-8-4)10-13(15)17-7-3/h11-12H,5-10H2,1-4H3. The summed E-state index contributed by atoms with van der Waals surface area (Å²) in [5.41, 5.74) is 0. The van der Waals surface area contributed by atoms with Crippen molar-refractivity contribution in [2.75, 3.05) is 13.2 Å². The molecule has 106 valence electrons. The maximum absolute atomic E-state index is 11.8. The Hall–Kier alpha value is -1.06. The lowest BCUT2D eigenvalue weighted by Gasteiger charge is -2.19. The maximum atomic E-state index is 11.8. The minimum absolute atomic E-state index is 0.128. The molecule has 0 amide bonds. The molecule has 1 unspecified atom stereocenters. The smallest absolute Gasteiger partial charge is 0.309 e. The summed E-state index contributed by atoms with van der Waals surface area (Å²) in [6, 6.07) is 0. The number of carbonyl (C=O) groups is 2. The molecule has 0 aliphatic rings. The van der Waals surface area contributed by atoms with E-state index in [2.05, 4.69) is 13.8 Å². The van der Waals surface area contributed by atoms with E-state index in [1.807, 2.05) is 0 Å². The largest absolute Gasteiger partial charge is 0.466 e. The Morgan fingerprint density at radius 2 is 1.50 bits per heavy atom. The minimum atomic E-state index is -0.367. The average molecular weight is 258 g/mol. The number of hydrogen-bond acceptors (Lipinski definition) is 4. The van der Waals surface area contributed by atoms with Gasteiger partial charge in [0.25, 0.3) is 0 Å². The highest BCUT2D eigenvalue weighted by Gasteiger charge is 2.26. The topological polar surface area (TPSA) is 52.6 Å². The lowest BCUT2D eigenvalue weighted by atomic mass is 9.89. The van der Waals surface area contributed by atoms with E-state index in [-0.39, 0.29) is 24.3 Å². The van der Waals surface area contributed by atoms with E-state index in [1.165, 1.54) is 0 Å². The van der Waals surface area contributed by atoms with Crippen molar-refractivity contribution in [3.63, 3.8) is 0 Å². The highest BCUT2D eigenvalue weighted by atomic mass is 16.5. The zero-order chi connectivity index (χ0) is 14.0. The lowest BCUT2D eigenvalue weighted by molar-refractivity contribution is -0.155. The molecule has 0 radical (unpaired) electrons. The first-order valence-corrected chi connectivity index (χ1v) is 6.91. The molecule has 1 atom stereocenters. The normalized spacial score (nSPS) is 12.3. The zero-order valence-corrected chi connectivity index (χ0v) is 12.0. The molecule has 0 aliphatic carbocycles.